The lowest BCUT2D eigenvalue weighted by molar-refractivity contribution is 0.0852. The first-order valence-electron chi connectivity index (χ1n) is 6.53. The Labute approximate surface area is 123 Å². The number of nitrogens with two attached hydrogens (primary N) is 1. The van der Waals surface area contributed by atoms with Crippen LogP contribution in [0.3, 0.4) is 0 Å². The molecule has 1 fully saturated rings. The number of nitrogen functional groups attached to an aromatic ring is 1. The maximum atomic E-state index is 14.2. The van der Waals surface area contributed by atoms with Gasteiger partial charge in [-0.15, -0.1) is 5.10 Å². The molecule has 1 aliphatic heterocycles. The minimum atomic E-state index is -1.79. The standard InChI is InChI=1S/C12H14FN5O4/c1-2-21-11-10-15-3-5(18(10)17-12(14)16-11)9-7(13)8(20)6(4-19)22-9/h3-4,7-9,19-20H,2H2,1H3,(H2,14,17)/b6-4+/t7-,8-,9+/m1/s1. The Morgan fingerprint density at radius 1 is 1.59 bits per heavy atom. The number of aliphatic hydroxyl groups is 2. The SMILES string of the molecule is CCOc1nc(N)nn2c([C@@H]3O/C(=C/O)[C@@H](O)[C@H]3F)cnc12. The molecule has 0 aliphatic carbocycles. The predicted molar refractivity (Wildman–Crippen MR) is 71.8 cm³/mol. The van der Waals surface area contributed by atoms with E-state index in [1.807, 2.05) is 0 Å². The molecule has 10 heteroatoms. The van der Waals surface area contributed by atoms with E-state index in [0.717, 1.165) is 0 Å². The first-order valence-corrected chi connectivity index (χ1v) is 6.53. The molecule has 3 heterocycles. The zero-order valence-corrected chi connectivity index (χ0v) is 11.5. The lowest BCUT2D eigenvalue weighted by Gasteiger charge is -2.12. The summed E-state index contributed by atoms with van der Waals surface area (Å²) in [6.07, 6.45) is -2.69. The third-order valence-electron chi connectivity index (χ3n) is 3.22. The molecule has 3 rings (SSSR count). The average molecular weight is 311 g/mol. The first-order chi connectivity index (χ1) is 10.6. The van der Waals surface area contributed by atoms with Crippen LogP contribution in [0.2, 0.25) is 0 Å². The summed E-state index contributed by atoms with van der Waals surface area (Å²) >= 11 is 0. The Hall–Kier alpha value is -2.62. The largest absolute Gasteiger partial charge is 0.512 e. The van der Waals surface area contributed by atoms with Gasteiger partial charge in [-0.1, -0.05) is 0 Å². The summed E-state index contributed by atoms with van der Waals surface area (Å²) in [5.41, 5.74) is 6.08. The van der Waals surface area contributed by atoms with Crippen LogP contribution >= 0.6 is 0 Å². The molecule has 0 amide bonds. The first kappa shape index (κ1) is 14.3. The summed E-state index contributed by atoms with van der Waals surface area (Å²) in [6.45, 7) is 2.11. The molecule has 22 heavy (non-hydrogen) atoms. The Morgan fingerprint density at radius 3 is 3.00 bits per heavy atom. The Morgan fingerprint density at radius 2 is 2.36 bits per heavy atom. The van der Waals surface area contributed by atoms with Crippen LogP contribution < -0.4 is 10.5 Å². The Bertz CT molecular complexity index is 734. The molecule has 1 saturated heterocycles. The molecule has 4 N–H and O–H groups in total. The maximum Gasteiger partial charge on any atom is 0.263 e. The van der Waals surface area contributed by atoms with Crippen molar-refractivity contribution in [3.8, 4) is 5.88 Å². The van der Waals surface area contributed by atoms with Crippen LogP contribution in [0.25, 0.3) is 5.65 Å². The monoisotopic (exact) mass is 311 g/mol. The molecule has 0 bridgehead atoms. The van der Waals surface area contributed by atoms with E-state index in [1.165, 1.54) is 10.7 Å². The van der Waals surface area contributed by atoms with Gasteiger partial charge in [-0.25, -0.2) is 13.9 Å². The molecule has 0 spiro atoms. The zero-order chi connectivity index (χ0) is 15.9. The highest BCUT2D eigenvalue weighted by atomic mass is 19.1. The normalized spacial score (nSPS) is 26.5. The number of halogens is 1. The summed E-state index contributed by atoms with van der Waals surface area (Å²) in [7, 11) is 0. The summed E-state index contributed by atoms with van der Waals surface area (Å²) in [5, 5.41) is 22.6. The third kappa shape index (κ3) is 2.08. The van der Waals surface area contributed by atoms with Gasteiger partial charge in [-0.05, 0) is 6.92 Å². The molecule has 9 nitrogen and oxygen atoms in total. The Balaban J connectivity index is 2.09. The van der Waals surface area contributed by atoms with Crippen molar-refractivity contribution in [2.45, 2.75) is 25.3 Å². The summed E-state index contributed by atoms with van der Waals surface area (Å²) < 4.78 is 26.0. The number of ether oxygens (including phenoxy) is 2. The van der Waals surface area contributed by atoms with Crippen molar-refractivity contribution in [2.24, 2.45) is 0 Å². The summed E-state index contributed by atoms with van der Waals surface area (Å²) in [6, 6.07) is 0. The molecule has 2 aromatic rings. The number of aliphatic hydroxyl groups excluding tert-OH is 2. The fourth-order valence-corrected chi connectivity index (χ4v) is 2.25. The number of hydrogen-bond acceptors (Lipinski definition) is 8. The molecule has 1 aliphatic rings. The fraction of sp³-hybridized carbons (Fsp3) is 0.417. The zero-order valence-electron chi connectivity index (χ0n) is 11.5. The van der Waals surface area contributed by atoms with Crippen molar-refractivity contribution in [3.05, 3.63) is 23.9 Å². The van der Waals surface area contributed by atoms with Gasteiger partial charge in [0.1, 0.15) is 18.1 Å². The smallest absolute Gasteiger partial charge is 0.263 e. The van der Waals surface area contributed by atoms with Crippen molar-refractivity contribution in [1.29, 1.82) is 0 Å². The quantitative estimate of drug-likeness (QED) is 0.689. The molecule has 3 atom stereocenters. The molecular weight excluding hydrogens is 297 g/mol. The van der Waals surface area contributed by atoms with Gasteiger partial charge in [0, 0.05) is 0 Å². The summed E-state index contributed by atoms with van der Waals surface area (Å²) in [4.78, 5) is 8.00. The van der Waals surface area contributed by atoms with Crippen LogP contribution in [0.15, 0.2) is 18.2 Å². The molecule has 0 unspecified atom stereocenters. The van der Waals surface area contributed by atoms with Crippen LogP contribution in [0.4, 0.5) is 10.3 Å². The number of alkyl halides is 1. The summed E-state index contributed by atoms with van der Waals surface area (Å²) in [5.74, 6) is -0.185. The minimum absolute atomic E-state index is 0.0814. The second kappa shape index (κ2) is 5.30. The lowest BCUT2D eigenvalue weighted by Crippen LogP contribution is -2.21. The maximum absolute atomic E-state index is 14.2. The molecule has 118 valence electrons. The molecule has 0 saturated carbocycles. The van der Waals surface area contributed by atoms with Gasteiger partial charge in [0.05, 0.1) is 12.8 Å². The number of rotatable bonds is 3. The highest BCUT2D eigenvalue weighted by Gasteiger charge is 2.44. The van der Waals surface area contributed by atoms with Crippen molar-refractivity contribution in [3.63, 3.8) is 0 Å². The van der Waals surface area contributed by atoms with Gasteiger partial charge in [-0.3, -0.25) is 0 Å². The van der Waals surface area contributed by atoms with Crippen molar-refractivity contribution < 1.29 is 24.1 Å². The van der Waals surface area contributed by atoms with Crippen LogP contribution in [0.1, 0.15) is 18.7 Å². The number of aromatic nitrogens is 4. The number of imidazole rings is 1. The van der Waals surface area contributed by atoms with E-state index in [1.54, 1.807) is 6.92 Å². The van der Waals surface area contributed by atoms with E-state index in [2.05, 4.69) is 15.1 Å². The number of hydrogen-bond donors (Lipinski definition) is 3. The van der Waals surface area contributed by atoms with Crippen LogP contribution in [0, 0.1) is 0 Å². The number of anilines is 1. The number of nitrogens with zero attached hydrogens (tertiary/aromatic N) is 4. The minimum Gasteiger partial charge on any atom is -0.512 e. The molecule has 0 radical (unpaired) electrons. The van der Waals surface area contributed by atoms with Gasteiger partial charge < -0.3 is 25.4 Å². The molecular formula is C12H14FN5O4. The highest BCUT2D eigenvalue weighted by molar-refractivity contribution is 5.51. The van der Waals surface area contributed by atoms with Crippen molar-refractivity contribution in [2.75, 3.05) is 12.3 Å². The topological polar surface area (TPSA) is 128 Å². The van der Waals surface area contributed by atoms with Crippen LogP contribution in [0.5, 0.6) is 5.88 Å². The third-order valence-corrected chi connectivity index (χ3v) is 3.22. The van der Waals surface area contributed by atoms with Gasteiger partial charge in [-0.2, -0.15) is 4.98 Å². The van der Waals surface area contributed by atoms with E-state index >= 15 is 0 Å². The van der Waals surface area contributed by atoms with E-state index in [0.29, 0.717) is 12.9 Å². The lowest BCUT2D eigenvalue weighted by atomic mass is 10.1. The molecule has 2 aromatic heterocycles. The number of fused-ring (bicyclic) bond motifs is 1. The Kier molecular flexibility index (Phi) is 3.45. The van der Waals surface area contributed by atoms with Crippen molar-refractivity contribution >= 4 is 11.6 Å². The van der Waals surface area contributed by atoms with Crippen molar-refractivity contribution in [1.82, 2.24) is 19.6 Å². The average Bonchev–Trinajstić information content (AvgIpc) is 3.02. The van der Waals surface area contributed by atoms with Crippen LogP contribution in [-0.2, 0) is 4.74 Å². The van der Waals surface area contributed by atoms with Gasteiger partial charge in [0.25, 0.3) is 5.88 Å². The van der Waals surface area contributed by atoms with E-state index in [9.17, 15) is 9.50 Å². The predicted octanol–water partition coefficient (Wildman–Crippen LogP) is 0.275. The van der Waals surface area contributed by atoms with Gasteiger partial charge in [0.2, 0.25) is 11.6 Å². The van der Waals surface area contributed by atoms with E-state index in [-0.39, 0.29) is 28.9 Å². The van der Waals surface area contributed by atoms with E-state index < -0.39 is 18.4 Å². The fourth-order valence-electron chi connectivity index (χ4n) is 2.25. The second-order valence-electron chi connectivity index (χ2n) is 4.59. The molecule has 0 aromatic carbocycles. The second-order valence-corrected chi connectivity index (χ2v) is 4.59. The van der Waals surface area contributed by atoms with E-state index in [4.69, 9.17) is 20.3 Å². The van der Waals surface area contributed by atoms with Gasteiger partial charge in [0.15, 0.2) is 18.0 Å². The van der Waals surface area contributed by atoms with Gasteiger partial charge >= 0.3 is 0 Å². The van der Waals surface area contributed by atoms with Crippen LogP contribution in [-0.4, -0.2) is 48.7 Å². The highest BCUT2D eigenvalue weighted by Crippen LogP contribution is 2.38.